The second kappa shape index (κ2) is 6.05. The van der Waals surface area contributed by atoms with E-state index >= 15 is 0 Å². The molecule has 5 nitrogen and oxygen atoms in total. The molecule has 6 heteroatoms. The zero-order valence-electron chi connectivity index (χ0n) is 11.9. The molecule has 2 heterocycles. The van der Waals surface area contributed by atoms with Gasteiger partial charge in [0.1, 0.15) is 5.01 Å². The van der Waals surface area contributed by atoms with Crippen LogP contribution in [0.3, 0.4) is 0 Å². The first-order chi connectivity index (χ1) is 10.3. The van der Waals surface area contributed by atoms with E-state index in [1.54, 1.807) is 11.3 Å². The van der Waals surface area contributed by atoms with Crippen molar-refractivity contribution in [3.63, 3.8) is 0 Å². The van der Waals surface area contributed by atoms with Crippen LogP contribution in [-0.2, 0) is 13.0 Å². The molecule has 0 bridgehead atoms. The van der Waals surface area contributed by atoms with Gasteiger partial charge in [0.2, 0.25) is 0 Å². The minimum Gasteiger partial charge on any atom is -0.381 e. The van der Waals surface area contributed by atoms with E-state index in [9.17, 15) is 0 Å². The van der Waals surface area contributed by atoms with Gasteiger partial charge in [0.05, 0.1) is 17.9 Å². The van der Waals surface area contributed by atoms with Crippen LogP contribution >= 0.6 is 11.3 Å². The third kappa shape index (κ3) is 2.95. The van der Waals surface area contributed by atoms with Gasteiger partial charge in [-0.2, -0.15) is 0 Å². The fourth-order valence-electron chi connectivity index (χ4n) is 2.21. The van der Waals surface area contributed by atoms with Gasteiger partial charge < -0.3 is 5.73 Å². The van der Waals surface area contributed by atoms with Gasteiger partial charge in [-0.25, -0.2) is 9.67 Å². The Morgan fingerprint density at radius 3 is 2.81 bits per heavy atom. The molecule has 108 valence electrons. The van der Waals surface area contributed by atoms with Crippen LogP contribution in [0.2, 0.25) is 0 Å². The van der Waals surface area contributed by atoms with Gasteiger partial charge in [-0.05, 0) is 6.42 Å². The number of nitrogen functional groups attached to an aromatic ring is 1. The lowest BCUT2D eigenvalue weighted by Gasteiger charge is -2.03. The highest BCUT2D eigenvalue weighted by atomic mass is 32.1. The summed E-state index contributed by atoms with van der Waals surface area (Å²) in [4.78, 5) is 4.68. The molecule has 2 N–H and O–H groups in total. The molecule has 0 spiro atoms. The van der Waals surface area contributed by atoms with Crippen LogP contribution in [0, 0.1) is 0 Å². The average Bonchev–Trinajstić information content (AvgIpc) is 3.11. The number of rotatable bonds is 5. The molecule has 21 heavy (non-hydrogen) atoms. The Morgan fingerprint density at radius 1 is 1.24 bits per heavy atom. The largest absolute Gasteiger partial charge is 0.381 e. The molecule has 1 aromatic carbocycles. The SMILES string of the molecule is CCCc1c(N)nnn1Cc1csc(-c2ccccc2)n1. The van der Waals surface area contributed by atoms with E-state index < -0.39 is 0 Å². The molecule has 2 aromatic heterocycles. The van der Waals surface area contributed by atoms with Crippen molar-refractivity contribution in [2.75, 3.05) is 5.73 Å². The third-order valence-corrected chi connectivity index (χ3v) is 4.18. The summed E-state index contributed by atoms with van der Waals surface area (Å²) in [6, 6.07) is 10.2. The molecule has 3 rings (SSSR count). The first kappa shape index (κ1) is 13.8. The molecule has 0 fully saturated rings. The fraction of sp³-hybridized carbons (Fsp3) is 0.267. The minimum absolute atomic E-state index is 0.523. The van der Waals surface area contributed by atoms with Crippen molar-refractivity contribution in [2.24, 2.45) is 0 Å². The van der Waals surface area contributed by atoms with Gasteiger partial charge in [0.25, 0.3) is 0 Å². The number of thiazole rings is 1. The highest BCUT2D eigenvalue weighted by Gasteiger charge is 2.11. The van der Waals surface area contributed by atoms with Crippen molar-refractivity contribution in [1.29, 1.82) is 0 Å². The van der Waals surface area contributed by atoms with Crippen LogP contribution in [0.15, 0.2) is 35.7 Å². The number of benzene rings is 1. The Hall–Kier alpha value is -2.21. The van der Waals surface area contributed by atoms with Gasteiger partial charge in [-0.1, -0.05) is 48.9 Å². The summed E-state index contributed by atoms with van der Waals surface area (Å²) in [5.41, 5.74) is 8.98. The molecule has 3 aromatic rings. The molecule has 0 aliphatic rings. The fourth-order valence-corrected chi connectivity index (χ4v) is 3.03. The van der Waals surface area contributed by atoms with E-state index in [0.717, 1.165) is 34.8 Å². The van der Waals surface area contributed by atoms with E-state index in [0.29, 0.717) is 12.4 Å². The monoisotopic (exact) mass is 299 g/mol. The summed E-state index contributed by atoms with van der Waals surface area (Å²) in [5, 5.41) is 11.2. The Kier molecular flexibility index (Phi) is 3.96. The summed E-state index contributed by atoms with van der Waals surface area (Å²) in [6.07, 6.45) is 1.90. The topological polar surface area (TPSA) is 69.6 Å². The van der Waals surface area contributed by atoms with Crippen LogP contribution in [0.25, 0.3) is 10.6 Å². The highest BCUT2D eigenvalue weighted by molar-refractivity contribution is 7.13. The van der Waals surface area contributed by atoms with Gasteiger partial charge in [-0.3, -0.25) is 0 Å². The molecule has 0 unspecified atom stereocenters. The van der Waals surface area contributed by atoms with Gasteiger partial charge >= 0.3 is 0 Å². The Balaban J connectivity index is 1.82. The molecule has 0 saturated heterocycles. The van der Waals surface area contributed by atoms with Crippen molar-refractivity contribution < 1.29 is 0 Å². The maximum Gasteiger partial charge on any atom is 0.169 e. The molecule has 0 atom stereocenters. The summed E-state index contributed by atoms with van der Waals surface area (Å²) in [6.45, 7) is 2.73. The number of hydrogen-bond acceptors (Lipinski definition) is 5. The van der Waals surface area contributed by atoms with Crippen molar-refractivity contribution in [3.8, 4) is 10.6 Å². The highest BCUT2D eigenvalue weighted by Crippen LogP contribution is 2.24. The molecule has 0 amide bonds. The van der Waals surface area contributed by atoms with Crippen molar-refractivity contribution in [3.05, 3.63) is 47.1 Å². The lowest BCUT2D eigenvalue weighted by Crippen LogP contribution is -2.07. The van der Waals surface area contributed by atoms with E-state index in [2.05, 4.69) is 39.7 Å². The first-order valence-electron chi connectivity index (χ1n) is 6.95. The summed E-state index contributed by atoms with van der Waals surface area (Å²) < 4.78 is 1.85. The molecule has 0 aliphatic heterocycles. The normalized spacial score (nSPS) is 10.9. The van der Waals surface area contributed by atoms with Crippen LogP contribution in [0.1, 0.15) is 24.7 Å². The predicted molar refractivity (Wildman–Crippen MR) is 85.1 cm³/mol. The van der Waals surface area contributed by atoms with E-state index in [4.69, 9.17) is 5.73 Å². The van der Waals surface area contributed by atoms with Crippen molar-refractivity contribution in [1.82, 2.24) is 20.0 Å². The Labute approximate surface area is 127 Å². The third-order valence-electron chi connectivity index (χ3n) is 3.24. The molecule has 0 aliphatic carbocycles. The second-order valence-electron chi connectivity index (χ2n) is 4.84. The van der Waals surface area contributed by atoms with Crippen LogP contribution in [0.5, 0.6) is 0 Å². The number of nitrogens with zero attached hydrogens (tertiary/aromatic N) is 4. The van der Waals surface area contributed by atoms with E-state index in [1.807, 2.05) is 22.9 Å². The van der Waals surface area contributed by atoms with Crippen LogP contribution in [-0.4, -0.2) is 20.0 Å². The number of nitrogens with two attached hydrogens (primary N) is 1. The van der Waals surface area contributed by atoms with Gasteiger partial charge in [-0.15, -0.1) is 16.4 Å². The predicted octanol–water partition coefficient (Wildman–Crippen LogP) is 2.98. The maximum atomic E-state index is 5.87. The van der Waals surface area contributed by atoms with E-state index in [-0.39, 0.29) is 0 Å². The zero-order valence-corrected chi connectivity index (χ0v) is 12.7. The first-order valence-corrected chi connectivity index (χ1v) is 7.83. The quantitative estimate of drug-likeness (QED) is 0.786. The Bertz CT molecular complexity index is 717. The summed E-state index contributed by atoms with van der Waals surface area (Å²) in [5.74, 6) is 0.523. The smallest absolute Gasteiger partial charge is 0.169 e. The summed E-state index contributed by atoms with van der Waals surface area (Å²) in [7, 11) is 0. The van der Waals surface area contributed by atoms with Crippen molar-refractivity contribution in [2.45, 2.75) is 26.3 Å². The van der Waals surface area contributed by atoms with Crippen LogP contribution < -0.4 is 5.73 Å². The van der Waals surface area contributed by atoms with Crippen molar-refractivity contribution >= 4 is 17.2 Å². The minimum atomic E-state index is 0.523. The van der Waals surface area contributed by atoms with Gasteiger partial charge in [0.15, 0.2) is 5.82 Å². The lowest BCUT2D eigenvalue weighted by atomic mass is 10.2. The molecular weight excluding hydrogens is 282 g/mol. The average molecular weight is 299 g/mol. The standard InChI is InChI=1S/C15H17N5S/c1-2-6-13-14(16)18-19-20(13)9-12-10-21-15(17-12)11-7-4-3-5-8-11/h3-5,7-8,10H,2,6,9,16H2,1H3. The maximum absolute atomic E-state index is 5.87. The lowest BCUT2D eigenvalue weighted by molar-refractivity contribution is 0.606. The molecular formula is C15H17N5S. The zero-order chi connectivity index (χ0) is 14.7. The van der Waals surface area contributed by atoms with Crippen LogP contribution in [0.4, 0.5) is 5.82 Å². The second-order valence-corrected chi connectivity index (χ2v) is 5.70. The molecule has 0 saturated carbocycles. The number of aromatic nitrogens is 4. The van der Waals surface area contributed by atoms with E-state index in [1.165, 1.54) is 0 Å². The number of anilines is 1. The number of hydrogen-bond donors (Lipinski definition) is 1. The summed E-state index contributed by atoms with van der Waals surface area (Å²) >= 11 is 1.64. The van der Waals surface area contributed by atoms with Gasteiger partial charge in [0, 0.05) is 10.9 Å². The Morgan fingerprint density at radius 2 is 2.05 bits per heavy atom. The molecule has 0 radical (unpaired) electrons.